The van der Waals surface area contributed by atoms with E-state index in [-0.39, 0.29) is 21.9 Å². The van der Waals surface area contributed by atoms with Crippen LogP contribution in [0.3, 0.4) is 0 Å². The molecule has 0 radical (unpaired) electrons. The minimum Gasteiger partial charge on any atom is -0.311 e. The summed E-state index contributed by atoms with van der Waals surface area (Å²) >= 11 is 0. The topological polar surface area (TPSA) is 54.5 Å². The van der Waals surface area contributed by atoms with Crippen LogP contribution in [0.4, 0.5) is 14.5 Å². The third-order valence-corrected chi connectivity index (χ3v) is 4.49. The van der Waals surface area contributed by atoms with Crippen molar-refractivity contribution in [1.82, 2.24) is 0 Å². The molecule has 0 aromatic heterocycles. The Kier molecular flexibility index (Phi) is 4.79. The molecule has 2 rings (SSSR count). The van der Waals surface area contributed by atoms with Crippen molar-refractivity contribution in [2.75, 3.05) is 18.2 Å². The van der Waals surface area contributed by atoms with E-state index in [0.29, 0.717) is 5.69 Å². The number of hydrogen-bond donors (Lipinski definition) is 0. The highest BCUT2D eigenvalue weighted by Gasteiger charge is 2.15. The molecule has 2 aromatic rings. The van der Waals surface area contributed by atoms with Gasteiger partial charge in [-0.05, 0) is 36.4 Å². The van der Waals surface area contributed by atoms with Gasteiger partial charge in [-0.25, -0.2) is 17.2 Å². The SMILES string of the molecule is CN(C(=O)c1ccc(C(F)F)cc1)c1ccc(S(C)(=O)=O)cc1. The van der Waals surface area contributed by atoms with Crippen LogP contribution in [0.25, 0.3) is 0 Å². The molecule has 0 spiro atoms. The first-order valence-electron chi connectivity index (χ1n) is 6.66. The van der Waals surface area contributed by atoms with E-state index < -0.39 is 16.3 Å². The van der Waals surface area contributed by atoms with Gasteiger partial charge >= 0.3 is 0 Å². The molecule has 0 N–H and O–H groups in total. The third-order valence-electron chi connectivity index (χ3n) is 3.37. The Morgan fingerprint density at radius 1 is 1.00 bits per heavy atom. The predicted octanol–water partition coefficient (Wildman–Crippen LogP) is 3.30. The van der Waals surface area contributed by atoms with Crippen LogP contribution in [0.2, 0.25) is 0 Å². The first kappa shape index (κ1) is 17.1. The van der Waals surface area contributed by atoms with Crippen LogP contribution in [0.15, 0.2) is 53.4 Å². The van der Waals surface area contributed by atoms with Crippen LogP contribution in [0, 0.1) is 0 Å². The molecular weight excluding hydrogens is 324 g/mol. The van der Waals surface area contributed by atoms with E-state index in [4.69, 9.17) is 0 Å². The van der Waals surface area contributed by atoms with Crippen LogP contribution in [-0.2, 0) is 9.84 Å². The fourth-order valence-corrected chi connectivity index (χ4v) is 2.63. The minimum atomic E-state index is -3.31. The molecule has 0 atom stereocenters. The van der Waals surface area contributed by atoms with Crippen molar-refractivity contribution in [2.24, 2.45) is 0 Å². The number of anilines is 1. The summed E-state index contributed by atoms with van der Waals surface area (Å²) in [5.74, 6) is -0.377. The lowest BCUT2D eigenvalue weighted by Gasteiger charge is -2.18. The van der Waals surface area contributed by atoms with Gasteiger partial charge in [0, 0.05) is 30.1 Å². The maximum Gasteiger partial charge on any atom is 0.263 e. The molecule has 0 bridgehead atoms. The number of sulfone groups is 1. The molecule has 0 aliphatic rings. The van der Waals surface area contributed by atoms with Gasteiger partial charge in [-0.1, -0.05) is 12.1 Å². The number of rotatable bonds is 4. The zero-order valence-corrected chi connectivity index (χ0v) is 13.3. The Hall–Kier alpha value is -2.28. The lowest BCUT2D eigenvalue weighted by atomic mass is 10.1. The number of alkyl halides is 2. The van der Waals surface area contributed by atoms with Gasteiger partial charge in [-0.3, -0.25) is 4.79 Å². The van der Waals surface area contributed by atoms with E-state index in [2.05, 4.69) is 0 Å². The van der Waals surface area contributed by atoms with Crippen molar-refractivity contribution in [3.05, 3.63) is 59.7 Å². The van der Waals surface area contributed by atoms with E-state index in [0.717, 1.165) is 6.26 Å². The summed E-state index contributed by atoms with van der Waals surface area (Å²) in [5.41, 5.74) is 0.617. The van der Waals surface area contributed by atoms with Crippen LogP contribution in [0.1, 0.15) is 22.3 Å². The number of hydrogen-bond acceptors (Lipinski definition) is 3. The quantitative estimate of drug-likeness (QED) is 0.859. The summed E-state index contributed by atoms with van der Waals surface area (Å²) in [4.78, 5) is 13.8. The molecule has 0 saturated heterocycles. The summed E-state index contributed by atoms with van der Waals surface area (Å²) < 4.78 is 47.9. The second-order valence-electron chi connectivity index (χ2n) is 5.05. The Balaban J connectivity index is 2.22. The number of amides is 1. The molecule has 0 aliphatic heterocycles. The highest BCUT2D eigenvalue weighted by molar-refractivity contribution is 7.90. The van der Waals surface area contributed by atoms with Gasteiger partial charge in [0.2, 0.25) is 0 Å². The van der Waals surface area contributed by atoms with E-state index in [1.807, 2.05) is 0 Å². The second kappa shape index (κ2) is 6.45. The first-order valence-corrected chi connectivity index (χ1v) is 8.55. The number of benzene rings is 2. The van der Waals surface area contributed by atoms with Crippen LogP contribution in [0.5, 0.6) is 0 Å². The Morgan fingerprint density at radius 2 is 1.52 bits per heavy atom. The fourth-order valence-electron chi connectivity index (χ4n) is 2.00. The highest BCUT2D eigenvalue weighted by Crippen LogP contribution is 2.21. The van der Waals surface area contributed by atoms with E-state index >= 15 is 0 Å². The van der Waals surface area contributed by atoms with Gasteiger partial charge in [-0.15, -0.1) is 0 Å². The second-order valence-corrected chi connectivity index (χ2v) is 7.07. The maximum absolute atomic E-state index is 12.5. The standard InChI is InChI=1S/C16H15F2NO3S/c1-19(13-7-9-14(10-8-13)23(2,21)22)16(20)12-5-3-11(4-6-12)15(17)18/h3-10,15H,1-2H3. The van der Waals surface area contributed by atoms with Crippen LogP contribution >= 0.6 is 0 Å². The third kappa shape index (κ3) is 3.92. The average Bonchev–Trinajstić information content (AvgIpc) is 2.53. The normalized spacial score (nSPS) is 11.5. The van der Waals surface area contributed by atoms with Crippen molar-refractivity contribution in [2.45, 2.75) is 11.3 Å². The maximum atomic E-state index is 12.5. The van der Waals surface area contributed by atoms with Gasteiger partial charge in [0.05, 0.1) is 4.90 Å². The number of nitrogens with zero attached hydrogens (tertiary/aromatic N) is 1. The van der Waals surface area contributed by atoms with Crippen LogP contribution in [-0.4, -0.2) is 27.6 Å². The predicted molar refractivity (Wildman–Crippen MR) is 83.7 cm³/mol. The molecule has 0 heterocycles. The molecule has 0 unspecified atom stereocenters. The van der Waals surface area contributed by atoms with Gasteiger partial charge in [0.1, 0.15) is 0 Å². The minimum absolute atomic E-state index is 0.151. The summed E-state index contributed by atoms with van der Waals surface area (Å²) in [6.07, 6.45) is -1.48. The lowest BCUT2D eigenvalue weighted by molar-refractivity contribution is 0.0992. The Morgan fingerprint density at radius 3 is 1.96 bits per heavy atom. The molecule has 7 heteroatoms. The van der Waals surface area contributed by atoms with Gasteiger partial charge < -0.3 is 4.90 Å². The van der Waals surface area contributed by atoms with Crippen molar-refractivity contribution < 1.29 is 22.0 Å². The number of halogens is 2. The zero-order valence-electron chi connectivity index (χ0n) is 12.5. The molecule has 23 heavy (non-hydrogen) atoms. The lowest BCUT2D eigenvalue weighted by Crippen LogP contribution is -2.26. The summed E-state index contributed by atoms with van der Waals surface area (Å²) in [6.45, 7) is 0. The smallest absolute Gasteiger partial charge is 0.263 e. The molecule has 122 valence electrons. The Bertz CT molecular complexity index is 800. The van der Waals surface area contributed by atoms with Crippen LogP contribution < -0.4 is 4.90 Å². The number of carbonyl (C=O) groups is 1. The monoisotopic (exact) mass is 339 g/mol. The van der Waals surface area contributed by atoms with E-state index in [1.54, 1.807) is 0 Å². The largest absolute Gasteiger partial charge is 0.311 e. The van der Waals surface area contributed by atoms with Crippen molar-refractivity contribution in [1.29, 1.82) is 0 Å². The molecule has 1 amide bonds. The molecular formula is C16H15F2NO3S. The highest BCUT2D eigenvalue weighted by atomic mass is 32.2. The summed E-state index contributed by atoms with van der Waals surface area (Å²) in [7, 11) is -1.78. The van der Waals surface area contributed by atoms with Gasteiger partial charge in [0.15, 0.2) is 9.84 Å². The average molecular weight is 339 g/mol. The molecule has 0 aliphatic carbocycles. The zero-order chi connectivity index (χ0) is 17.2. The molecule has 0 saturated carbocycles. The summed E-state index contributed by atoms with van der Waals surface area (Å²) in [5, 5.41) is 0. The summed E-state index contributed by atoms with van der Waals surface area (Å²) in [6, 6.07) is 10.9. The molecule has 0 fully saturated rings. The van der Waals surface area contributed by atoms with Crippen molar-refractivity contribution in [3.8, 4) is 0 Å². The first-order chi connectivity index (χ1) is 10.7. The Labute approximate surface area is 133 Å². The molecule has 2 aromatic carbocycles. The molecule has 4 nitrogen and oxygen atoms in total. The van der Waals surface area contributed by atoms with E-state index in [1.165, 1.54) is 60.5 Å². The van der Waals surface area contributed by atoms with Gasteiger partial charge in [-0.2, -0.15) is 0 Å². The van der Waals surface area contributed by atoms with Crippen molar-refractivity contribution >= 4 is 21.4 Å². The fraction of sp³-hybridized carbons (Fsp3) is 0.188. The van der Waals surface area contributed by atoms with Gasteiger partial charge in [0.25, 0.3) is 12.3 Å². The van der Waals surface area contributed by atoms with E-state index in [9.17, 15) is 22.0 Å². The number of carbonyl (C=O) groups excluding carboxylic acids is 1. The van der Waals surface area contributed by atoms with Crippen molar-refractivity contribution in [3.63, 3.8) is 0 Å².